The van der Waals surface area contributed by atoms with Crippen molar-refractivity contribution in [2.45, 2.75) is 13.5 Å². The standard InChI is InChI=1S/C19H18Cl2O4/c1-3-24-17-11-13(10-16(21)19(17)23-2)7-8-18(22)25-12-14-5-4-6-15(20)9-14/h4-11H,3,12H2,1-2H3/b8-7+. The zero-order valence-corrected chi connectivity index (χ0v) is 15.4. The van der Waals surface area contributed by atoms with Gasteiger partial charge in [-0.2, -0.15) is 0 Å². The van der Waals surface area contributed by atoms with Crippen LogP contribution >= 0.6 is 23.2 Å². The van der Waals surface area contributed by atoms with Gasteiger partial charge in [0.05, 0.1) is 18.7 Å². The van der Waals surface area contributed by atoms with Gasteiger partial charge in [0.1, 0.15) is 6.61 Å². The van der Waals surface area contributed by atoms with Gasteiger partial charge in [-0.25, -0.2) is 4.79 Å². The first kappa shape index (κ1) is 19.2. The van der Waals surface area contributed by atoms with Gasteiger partial charge in [-0.15, -0.1) is 0 Å². The van der Waals surface area contributed by atoms with Gasteiger partial charge in [0.15, 0.2) is 11.5 Å². The van der Waals surface area contributed by atoms with Crippen LogP contribution in [0.1, 0.15) is 18.1 Å². The first-order valence-electron chi connectivity index (χ1n) is 7.63. The molecule has 0 saturated heterocycles. The number of methoxy groups -OCH3 is 1. The maximum Gasteiger partial charge on any atom is 0.331 e. The summed E-state index contributed by atoms with van der Waals surface area (Å²) < 4.78 is 15.9. The third-order valence-electron chi connectivity index (χ3n) is 3.22. The molecule has 0 atom stereocenters. The maximum absolute atomic E-state index is 11.9. The highest BCUT2D eigenvalue weighted by Crippen LogP contribution is 2.36. The van der Waals surface area contributed by atoms with E-state index in [0.717, 1.165) is 5.56 Å². The SMILES string of the molecule is CCOc1cc(/C=C/C(=O)OCc2cccc(Cl)c2)cc(Cl)c1OC. The van der Waals surface area contributed by atoms with Crippen molar-refractivity contribution >= 4 is 35.2 Å². The van der Waals surface area contributed by atoms with Crippen LogP contribution in [0.15, 0.2) is 42.5 Å². The largest absolute Gasteiger partial charge is 0.491 e. The molecule has 0 heterocycles. The van der Waals surface area contributed by atoms with Gasteiger partial charge in [-0.3, -0.25) is 0 Å². The summed E-state index contributed by atoms with van der Waals surface area (Å²) in [5.41, 5.74) is 1.52. The van der Waals surface area contributed by atoms with E-state index in [1.165, 1.54) is 13.2 Å². The third kappa shape index (κ3) is 5.69. The van der Waals surface area contributed by atoms with Crippen LogP contribution in [-0.2, 0) is 16.1 Å². The van der Waals surface area contributed by atoms with Gasteiger partial charge in [-0.05, 0) is 48.4 Å². The number of halogens is 2. The molecule has 0 amide bonds. The number of hydrogen-bond donors (Lipinski definition) is 0. The minimum Gasteiger partial charge on any atom is -0.491 e. The van der Waals surface area contributed by atoms with Crippen LogP contribution in [0.2, 0.25) is 10.0 Å². The zero-order valence-electron chi connectivity index (χ0n) is 13.9. The van der Waals surface area contributed by atoms with Crippen molar-refractivity contribution < 1.29 is 19.0 Å². The highest BCUT2D eigenvalue weighted by Gasteiger charge is 2.10. The molecule has 0 radical (unpaired) electrons. The normalized spacial score (nSPS) is 10.7. The Morgan fingerprint density at radius 1 is 1.20 bits per heavy atom. The second-order valence-electron chi connectivity index (χ2n) is 5.04. The number of rotatable bonds is 7. The van der Waals surface area contributed by atoms with Crippen molar-refractivity contribution in [3.8, 4) is 11.5 Å². The Kier molecular flexibility index (Phi) is 7.16. The van der Waals surface area contributed by atoms with Crippen LogP contribution in [0.25, 0.3) is 6.08 Å². The molecule has 0 aliphatic heterocycles. The molecule has 2 rings (SSSR count). The topological polar surface area (TPSA) is 44.8 Å². The number of benzene rings is 2. The fourth-order valence-corrected chi connectivity index (χ4v) is 2.65. The Labute approximate surface area is 156 Å². The lowest BCUT2D eigenvalue weighted by Crippen LogP contribution is -2.00. The van der Waals surface area contributed by atoms with E-state index in [-0.39, 0.29) is 6.61 Å². The summed E-state index contributed by atoms with van der Waals surface area (Å²) in [6.07, 6.45) is 2.94. The van der Waals surface area contributed by atoms with Gasteiger partial charge < -0.3 is 14.2 Å². The van der Waals surface area contributed by atoms with Gasteiger partial charge in [-0.1, -0.05) is 35.3 Å². The molecular formula is C19H18Cl2O4. The number of hydrogen-bond acceptors (Lipinski definition) is 4. The molecule has 0 fully saturated rings. The second kappa shape index (κ2) is 9.35. The summed E-state index contributed by atoms with van der Waals surface area (Å²) in [6.45, 7) is 2.49. The lowest BCUT2D eigenvalue weighted by molar-refractivity contribution is -0.138. The molecule has 2 aromatic rings. The predicted octanol–water partition coefficient (Wildman–Crippen LogP) is 5.16. The smallest absolute Gasteiger partial charge is 0.331 e. The Morgan fingerprint density at radius 2 is 2.00 bits per heavy atom. The van der Waals surface area contributed by atoms with Gasteiger partial charge >= 0.3 is 5.97 Å². The summed E-state index contributed by atoms with van der Waals surface area (Å²) in [5, 5.41) is 1.00. The summed E-state index contributed by atoms with van der Waals surface area (Å²) in [7, 11) is 1.52. The average Bonchev–Trinajstić information content (AvgIpc) is 2.58. The van der Waals surface area contributed by atoms with Crippen LogP contribution in [-0.4, -0.2) is 19.7 Å². The molecular weight excluding hydrogens is 363 g/mol. The molecule has 0 aromatic heterocycles. The first-order chi connectivity index (χ1) is 12.0. The fraction of sp³-hybridized carbons (Fsp3) is 0.211. The van der Waals surface area contributed by atoms with Crippen LogP contribution in [0.4, 0.5) is 0 Å². The van der Waals surface area contributed by atoms with Crippen LogP contribution < -0.4 is 9.47 Å². The molecule has 0 saturated carbocycles. The van der Waals surface area contributed by atoms with Gasteiger partial charge in [0.25, 0.3) is 0 Å². The van der Waals surface area contributed by atoms with Crippen LogP contribution in [0, 0.1) is 0 Å². The van der Waals surface area contributed by atoms with Gasteiger partial charge in [0.2, 0.25) is 0 Å². The van der Waals surface area contributed by atoms with E-state index in [1.807, 2.05) is 13.0 Å². The summed E-state index contributed by atoms with van der Waals surface area (Å²) in [5.74, 6) is 0.513. The van der Waals surface area contributed by atoms with E-state index >= 15 is 0 Å². The molecule has 0 N–H and O–H groups in total. The average molecular weight is 381 g/mol. The molecule has 132 valence electrons. The third-order valence-corrected chi connectivity index (χ3v) is 3.73. The maximum atomic E-state index is 11.9. The molecule has 4 nitrogen and oxygen atoms in total. The number of esters is 1. The van der Waals surface area contributed by atoms with E-state index in [0.29, 0.717) is 33.7 Å². The van der Waals surface area contributed by atoms with E-state index in [2.05, 4.69) is 0 Å². The molecule has 2 aromatic carbocycles. The van der Waals surface area contributed by atoms with E-state index < -0.39 is 5.97 Å². The molecule has 0 bridgehead atoms. The molecule has 25 heavy (non-hydrogen) atoms. The van der Waals surface area contributed by atoms with Crippen LogP contribution in [0.5, 0.6) is 11.5 Å². The van der Waals surface area contributed by atoms with Crippen LogP contribution in [0.3, 0.4) is 0 Å². The predicted molar refractivity (Wildman–Crippen MR) is 99.5 cm³/mol. The van der Waals surface area contributed by atoms with Crippen molar-refractivity contribution in [3.63, 3.8) is 0 Å². The molecule has 0 unspecified atom stereocenters. The Balaban J connectivity index is 2.04. The summed E-state index contributed by atoms with van der Waals surface area (Å²) in [4.78, 5) is 11.9. The van der Waals surface area contributed by atoms with Gasteiger partial charge in [0, 0.05) is 11.1 Å². The lowest BCUT2D eigenvalue weighted by atomic mass is 10.2. The lowest BCUT2D eigenvalue weighted by Gasteiger charge is -2.11. The monoisotopic (exact) mass is 380 g/mol. The summed E-state index contributed by atoms with van der Waals surface area (Å²) >= 11 is 12.1. The quantitative estimate of drug-likeness (QED) is 0.491. The molecule has 0 aliphatic carbocycles. The van der Waals surface area contributed by atoms with E-state index in [9.17, 15) is 4.79 Å². The highest BCUT2D eigenvalue weighted by molar-refractivity contribution is 6.32. The number of ether oxygens (including phenoxy) is 3. The highest BCUT2D eigenvalue weighted by atomic mass is 35.5. The van der Waals surface area contributed by atoms with Crippen molar-refractivity contribution in [3.05, 3.63) is 63.6 Å². The van der Waals surface area contributed by atoms with Crippen molar-refractivity contribution in [1.29, 1.82) is 0 Å². The molecule has 0 spiro atoms. The molecule has 6 heteroatoms. The van der Waals surface area contributed by atoms with Crippen molar-refractivity contribution in [1.82, 2.24) is 0 Å². The summed E-state index contributed by atoms with van der Waals surface area (Å²) in [6, 6.07) is 10.6. The van der Waals surface area contributed by atoms with E-state index in [4.69, 9.17) is 37.4 Å². The Bertz CT molecular complexity index is 772. The fourth-order valence-electron chi connectivity index (χ4n) is 2.14. The Morgan fingerprint density at radius 3 is 2.68 bits per heavy atom. The minimum absolute atomic E-state index is 0.150. The first-order valence-corrected chi connectivity index (χ1v) is 8.38. The number of carbonyl (C=O) groups excluding carboxylic acids is 1. The van der Waals surface area contributed by atoms with Crippen molar-refractivity contribution in [2.24, 2.45) is 0 Å². The zero-order chi connectivity index (χ0) is 18.2. The minimum atomic E-state index is -0.468. The number of carbonyl (C=O) groups is 1. The van der Waals surface area contributed by atoms with Crippen molar-refractivity contribution in [2.75, 3.05) is 13.7 Å². The van der Waals surface area contributed by atoms with E-state index in [1.54, 1.807) is 36.4 Å². The second-order valence-corrected chi connectivity index (χ2v) is 5.88. The molecule has 0 aliphatic rings. The Hall–Kier alpha value is -2.17.